The minimum absolute atomic E-state index is 0.151. The lowest BCUT2D eigenvalue weighted by Gasteiger charge is -2.26. The average Bonchev–Trinajstić information content (AvgIpc) is 3.08. The lowest BCUT2D eigenvalue weighted by Crippen LogP contribution is -2.39. The summed E-state index contributed by atoms with van der Waals surface area (Å²) in [5.74, 6) is -1.91. The number of aromatic nitrogens is 3. The molecule has 0 fully saturated rings. The fraction of sp³-hybridized carbons (Fsp3) is 0.468. The molecule has 13 nitrogen and oxygen atoms in total. The maximum absolute atomic E-state index is 13.0. The van der Waals surface area contributed by atoms with E-state index < -0.39 is 46.3 Å². The fourth-order valence-corrected chi connectivity index (χ4v) is 6.31. The zero-order chi connectivity index (χ0) is 45.3. The summed E-state index contributed by atoms with van der Waals surface area (Å²) in [4.78, 5) is 70.1. The second kappa shape index (κ2) is 20.2. The topological polar surface area (TPSA) is 150 Å². The number of pyridine rings is 3. The minimum Gasteiger partial charge on any atom is -0.459 e. The van der Waals surface area contributed by atoms with Crippen molar-refractivity contribution in [2.45, 2.75) is 119 Å². The van der Waals surface area contributed by atoms with Gasteiger partial charge < -0.3 is 18.9 Å². The highest BCUT2D eigenvalue weighted by Crippen LogP contribution is 2.30. The molecule has 0 unspecified atom stereocenters. The molecule has 0 atom stereocenters. The van der Waals surface area contributed by atoms with E-state index in [9.17, 15) is 19.2 Å². The second-order valence-corrected chi connectivity index (χ2v) is 19.7. The zero-order valence-electron chi connectivity index (χ0n) is 37.6. The summed E-state index contributed by atoms with van der Waals surface area (Å²) in [6, 6.07) is 22.9. The van der Waals surface area contributed by atoms with E-state index in [-0.39, 0.29) is 39.3 Å². The highest BCUT2D eigenvalue weighted by atomic mass is 79.9. The molecule has 0 amide bonds. The summed E-state index contributed by atoms with van der Waals surface area (Å²) in [5, 5.41) is 0. The third-order valence-electron chi connectivity index (χ3n) is 8.00. The Bertz CT molecular complexity index is 1980. The van der Waals surface area contributed by atoms with Crippen LogP contribution in [0.15, 0.2) is 77.3 Å². The molecule has 0 radical (unpaired) electrons. The molecule has 0 spiro atoms. The van der Waals surface area contributed by atoms with Crippen molar-refractivity contribution < 1.29 is 38.1 Å². The summed E-state index contributed by atoms with van der Waals surface area (Å²) in [7, 11) is 0. The van der Waals surface area contributed by atoms with Crippen molar-refractivity contribution in [1.29, 1.82) is 0 Å². The Hall–Kier alpha value is -5.05. The molecular weight excluding hydrogens is 842 g/mol. The number of ether oxygens (including phenoxy) is 4. The molecule has 0 bridgehead atoms. The van der Waals surface area contributed by atoms with Crippen molar-refractivity contribution in [3.05, 3.63) is 88.7 Å². The summed E-state index contributed by atoms with van der Waals surface area (Å²) >= 11 is 3.53. The van der Waals surface area contributed by atoms with Gasteiger partial charge in [-0.3, -0.25) is 29.0 Å². The van der Waals surface area contributed by atoms with Crippen LogP contribution in [0.5, 0.6) is 0 Å². The third-order valence-corrected chi connectivity index (χ3v) is 8.53. The lowest BCUT2D eigenvalue weighted by atomic mass is 10.0. The van der Waals surface area contributed by atoms with Crippen molar-refractivity contribution in [1.82, 2.24) is 24.8 Å². The Kier molecular flexibility index (Phi) is 16.1. The van der Waals surface area contributed by atoms with Gasteiger partial charge in [0, 0.05) is 17.6 Å². The van der Waals surface area contributed by atoms with Crippen molar-refractivity contribution in [3.63, 3.8) is 0 Å². The van der Waals surface area contributed by atoms with E-state index >= 15 is 0 Å². The first-order chi connectivity index (χ1) is 28.2. The maximum Gasteiger partial charge on any atom is 0.320 e. The predicted molar refractivity (Wildman–Crippen MR) is 238 cm³/mol. The molecule has 3 heterocycles. The van der Waals surface area contributed by atoms with Crippen molar-refractivity contribution in [2.24, 2.45) is 0 Å². The standard InChI is InChI=1S/C47H60BrN5O8/c1-44(2,3)58-40(54)27-52(28-41(55)59-45(4,5)6)25-34-15-13-17-36(49-34)38-23-32(31-19-21-33(48)22-20-31)24-39(51-38)37-18-14-16-35(50-37)26-53(29-42(56)60-46(7,8)9)30-43(57)61-47(10,11)12/h13-24H,25-30H2,1-12H3. The second-order valence-electron chi connectivity index (χ2n) is 18.8. The predicted octanol–water partition coefficient (Wildman–Crippen LogP) is 8.61. The largest absolute Gasteiger partial charge is 0.459 e. The van der Waals surface area contributed by atoms with E-state index in [1.807, 2.05) is 72.8 Å². The SMILES string of the molecule is CC(C)(C)OC(=O)CN(CC(=O)OC(C)(C)C)Cc1cccc(-c2cc(-c3ccc(Br)cc3)cc(-c3cccc(CN(CC(=O)OC(C)(C)C)CC(=O)OC(C)(C)C)n3)n2)n1. The van der Waals surface area contributed by atoms with Gasteiger partial charge in [-0.25, -0.2) is 15.0 Å². The minimum atomic E-state index is -0.704. The van der Waals surface area contributed by atoms with Crippen LogP contribution in [0.2, 0.25) is 0 Å². The van der Waals surface area contributed by atoms with Crippen molar-refractivity contribution in [2.75, 3.05) is 26.2 Å². The lowest BCUT2D eigenvalue weighted by molar-refractivity contribution is -0.162. The van der Waals surface area contributed by atoms with Crippen molar-refractivity contribution in [3.8, 4) is 33.9 Å². The molecule has 0 saturated heterocycles. The maximum atomic E-state index is 13.0. The molecule has 3 aromatic heterocycles. The van der Waals surface area contributed by atoms with Crippen LogP contribution in [0, 0.1) is 0 Å². The molecule has 0 aliphatic carbocycles. The van der Waals surface area contributed by atoms with E-state index in [0.717, 1.165) is 15.6 Å². The summed E-state index contributed by atoms with van der Waals surface area (Å²) in [5.41, 5.74) is 2.41. The van der Waals surface area contributed by atoms with Gasteiger partial charge in [-0.1, -0.05) is 40.2 Å². The number of carbonyl (C=O) groups is 4. The fourth-order valence-electron chi connectivity index (χ4n) is 6.04. The van der Waals surface area contributed by atoms with Gasteiger partial charge >= 0.3 is 23.9 Å². The van der Waals surface area contributed by atoms with Gasteiger partial charge in [0.1, 0.15) is 22.4 Å². The quantitative estimate of drug-likeness (QED) is 0.0829. The number of halogens is 1. The molecule has 14 heteroatoms. The molecule has 0 aliphatic rings. The van der Waals surface area contributed by atoms with E-state index in [0.29, 0.717) is 34.2 Å². The van der Waals surface area contributed by atoms with Gasteiger partial charge in [-0.05, 0) is 143 Å². The molecule has 328 valence electrons. The van der Waals surface area contributed by atoms with Crippen LogP contribution < -0.4 is 0 Å². The highest BCUT2D eigenvalue weighted by molar-refractivity contribution is 9.10. The Morgan fingerprint density at radius 3 is 1.10 bits per heavy atom. The van der Waals surface area contributed by atoms with Crippen LogP contribution in [-0.2, 0) is 51.2 Å². The first-order valence-corrected chi connectivity index (χ1v) is 21.0. The molecule has 1 aromatic carbocycles. The number of hydrogen-bond acceptors (Lipinski definition) is 13. The van der Waals surface area contributed by atoms with Crippen LogP contribution in [0.3, 0.4) is 0 Å². The first-order valence-electron chi connectivity index (χ1n) is 20.2. The molecule has 0 aliphatic heterocycles. The third kappa shape index (κ3) is 17.8. The van der Waals surface area contributed by atoms with Crippen LogP contribution in [0.1, 0.15) is 94.5 Å². The number of hydrogen-bond donors (Lipinski definition) is 0. The van der Waals surface area contributed by atoms with Gasteiger partial charge in [-0.2, -0.15) is 0 Å². The number of rotatable bonds is 15. The summed E-state index contributed by atoms with van der Waals surface area (Å²) < 4.78 is 23.3. The van der Waals surface area contributed by atoms with Crippen LogP contribution >= 0.6 is 15.9 Å². The Morgan fingerprint density at radius 1 is 0.459 bits per heavy atom. The normalized spacial score (nSPS) is 12.3. The van der Waals surface area contributed by atoms with E-state index in [2.05, 4.69) is 15.9 Å². The molecule has 0 N–H and O–H groups in total. The van der Waals surface area contributed by atoms with Crippen LogP contribution in [-0.4, -0.2) is 97.2 Å². The summed E-state index contributed by atoms with van der Waals surface area (Å²) in [6.07, 6.45) is 0. The van der Waals surface area contributed by atoms with E-state index in [4.69, 9.17) is 33.9 Å². The molecular formula is C47H60BrN5O8. The molecule has 4 aromatic rings. The molecule has 0 saturated carbocycles. The first kappa shape index (κ1) is 48.6. The van der Waals surface area contributed by atoms with E-state index in [1.165, 1.54) is 0 Å². The number of esters is 4. The number of nitrogens with zero attached hydrogens (tertiary/aromatic N) is 5. The highest BCUT2D eigenvalue weighted by Gasteiger charge is 2.26. The van der Waals surface area contributed by atoms with E-state index in [1.54, 1.807) is 92.9 Å². The Balaban J connectivity index is 1.72. The monoisotopic (exact) mass is 901 g/mol. The smallest absolute Gasteiger partial charge is 0.320 e. The Morgan fingerprint density at radius 2 is 0.787 bits per heavy atom. The van der Waals surface area contributed by atoms with Gasteiger partial charge in [-0.15, -0.1) is 0 Å². The molecule has 61 heavy (non-hydrogen) atoms. The zero-order valence-corrected chi connectivity index (χ0v) is 39.1. The van der Waals surface area contributed by atoms with Crippen LogP contribution in [0.4, 0.5) is 0 Å². The van der Waals surface area contributed by atoms with Gasteiger partial charge in [0.05, 0.1) is 60.3 Å². The number of carbonyl (C=O) groups excluding carboxylic acids is 4. The number of benzene rings is 1. The summed E-state index contributed by atoms with van der Waals surface area (Å²) in [6.45, 7) is 21.2. The van der Waals surface area contributed by atoms with Gasteiger partial charge in [0.2, 0.25) is 0 Å². The molecule has 4 rings (SSSR count). The Labute approximate surface area is 368 Å². The van der Waals surface area contributed by atoms with Gasteiger partial charge in [0.15, 0.2) is 0 Å². The van der Waals surface area contributed by atoms with Crippen molar-refractivity contribution >= 4 is 39.8 Å². The van der Waals surface area contributed by atoms with Gasteiger partial charge in [0.25, 0.3) is 0 Å². The average molecular weight is 903 g/mol. The van der Waals surface area contributed by atoms with Crippen LogP contribution in [0.25, 0.3) is 33.9 Å².